The third-order valence-electron chi connectivity index (χ3n) is 7.17. The van der Waals surface area contributed by atoms with Crippen molar-refractivity contribution in [2.75, 3.05) is 0 Å². The summed E-state index contributed by atoms with van der Waals surface area (Å²) in [7, 11) is 0. The molecule has 1 aliphatic carbocycles. The Morgan fingerprint density at radius 3 is 1.93 bits per heavy atom. The van der Waals surface area contributed by atoms with Crippen molar-refractivity contribution in [2.24, 2.45) is 11.8 Å². The number of hydrogen-bond donors (Lipinski definition) is 0. The van der Waals surface area contributed by atoms with Crippen LogP contribution in [-0.4, -0.2) is 6.29 Å². The number of carbonyl (C=O) groups is 1. The van der Waals surface area contributed by atoms with Crippen LogP contribution in [0.2, 0.25) is 0 Å². The van der Waals surface area contributed by atoms with Crippen LogP contribution in [0.4, 0.5) is 0 Å². The van der Waals surface area contributed by atoms with Gasteiger partial charge in [0.2, 0.25) is 0 Å². The summed E-state index contributed by atoms with van der Waals surface area (Å²) in [6, 6.07) is 4.65. The Morgan fingerprint density at radius 2 is 1.43 bits per heavy atom. The maximum absolute atomic E-state index is 11.7. The molecular weight excluding hydrogens is 472 g/mol. The van der Waals surface area contributed by atoms with Gasteiger partial charge >= 0.3 is 0 Å². The lowest BCUT2D eigenvalue weighted by Gasteiger charge is -2.37. The van der Waals surface area contributed by atoms with Crippen molar-refractivity contribution < 1.29 is 4.79 Å². The van der Waals surface area contributed by atoms with E-state index in [2.05, 4.69) is 55.8 Å². The van der Waals surface area contributed by atoms with E-state index >= 15 is 0 Å². The second kappa shape index (κ2) is 10.9. The fraction of sp³-hybridized carbons (Fsp3) is 0.654. The zero-order chi connectivity index (χ0) is 21.7. The minimum absolute atomic E-state index is 0.0772. The lowest BCUT2D eigenvalue weighted by atomic mass is 9.66. The molecule has 4 heteroatoms. The Bertz CT molecular complexity index is 816. The molecule has 0 fully saturated rings. The molecule has 166 valence electrons. The highest BCUT2D eigenvalue weighted by atomic mass is 79.9. The summed E-state index contributed by atoms with van der Waals surface area (Å²) < 4.78 is 1.23. The first kappa shape index (κ1) is 24.2. The minimum Gasteiger partial charge on any atom is -0.297 e. The number of thiophene rings is 2. The Balaban J connectivity index is 2.10. The molecule has 0 aromatic carbocycles. The molecule has 2 aromatic rings. The topological polar surface area (TPSA) is 17.1 Å². The normalized spacial score (nSPS) is 19.5. The van der Waals surface area contributed by atoms with E-state index in [0.29, 0.717) is 0 Å². The van der Waals surface area contributed by atoms with E-state index < -0.39 is 0 Å². The lowest BCUT2D eigenvalue weighted by molar-refractivity contribution is 0.112. The van der Waals surface area contributed by atoms with Gasteiger partial charge in [0.05, 0.1) is 8.66 Å². The number of fused-ring (bicyclic) bond motifs is 3. The van der Waals surface area contributed by atoms with Crippen LogP contribution in [0.5, 0.6) is 0 Å². The first-order chi connectivity index (χ1) is 14.5. The van der Waals surface area contributed by atoms with Gasteiger partial charge in [-0.2, -0.15) is 0 Å². The highest BCUT2D eigenvalue weighted by Crippen LogP contribution is 2.61. The average molecular weight is 510 g/mol. The van der Waals surface area contributed by atoms with Crippen molar-refractivity contribution in [1.29, 1.82) is 0 Å². The van der Waals surface area contributed by atoms with Gasteiger partial charge in [0.15, 0.2) is 6.29 Å². The molecule has 2 aromatic heterocycles. The molecule has 1 nitrogen and oxygen atoms in total. The Kier molecular flexibility index (Phi) is 8.81. The van der Waals surface area contributed by atoms with Gasteiger partial charge in [-0.1, -0.05) is 79.1 Å². The number of carbonyl (C=O) groups excluding carboxylic acids is 1. The van der Waals surface area contributed by atoms with Gasteiger partial charge in [-0.15, -0.1) is 22.7 Å². The summed E-state index contributed by atoms with van der Waals surface area (Å²) in [5.74, 6) is 1.48. The number of rotatable bonds is 13. The monoisotopic (exact) mass is 508 g/mol. The molecule has 2 unspecified atom stereocenters. The van der Waals surface area contributed by atoms with Gasteiger partial charge in [0.1, 0.15) is 0 Å². The summed E-state index contributed by atoms with van der Waals surface area (Å²) in [4.78, 5) is 15.4. The van der Waals surface area contributed by atoms with Crippen LogP contribution in [0, 0.1) is 11.8 Å². The van der Waals surface area contributed by atoms with Crippen LogP contribution < -0.4 is 0 Å². The molecule has 0 aliphatic heterocycles. The van der Waals surface area contributed by atoms with E-state index in [4.69, 9.17) is 0 Å². The third kappa shape index (κ3) is 4.81. The van der Waals surface area contributed by atoms with Crippen molar-refractivity contribution in [2.45, 2.75) is 97.3 Å². The van der Waals surface area contributed by atoms with E-state index in [9.17, 15) is 4.79 Å². The van der Waals surface area contributed by atoms with E-state index in [1.54, 1.807) is 16.9 Å². The quantitative estimate of drug-likeness (QED) is 0.246. The molecule has 0 bridgehead atoms. The zero-order valence-electron chi connectivity index (χ0n) is 19.1. The van der Waals surface area contributed by atoms with Crippen LogP contribution in [0.15, 0.2) is 15.9 Å². The summed E-state index contributed by atoms with van der Waals surface area (Å²) in [5.41, 5.74) is 3.09. The average Bonchev–Trinajstić information content (AvgIpc) is 3.41. The van der Waals surface area contributed by atoms with Crippen LogP contribution in [-0.2, 0) is 5.41 Å². The van der Waals surface area contributed by atoms with Gasteiger partial charge in [0, 0.05) is 15.2 Å². The minimum atomic E-state index is 0.0772. The van der Waals surface area contributed by atoms with Crippen molar-refractivity contribution in [1.82, 2.24) is 0 Å². The molecule has 2 heterocycles. The van der Waals surface area contributed by atoms with Crippen LogP contribution >= 0.6 is 38.6 Å². The standard InChI is InChI=1S/C26H37BrOS2/c1-5-9-11-18(7-3)15-26(16-19(8-4)12-10-6-2)21-13-20(17-28)29-24(21)25-22(26)14-23(27)30-25/h13-14,17-19H,5-12,15-16H2,1-4H3. The van der Waals surface area contributed by atoms with Crippen LogP contribution in [0.1, 0.15) is 113 Å². The van der Waals surface area contributed by atoms with Crippen molar-refractivity contribution >= 4 is 44.9 Å². The second-order valence-electron chi connectivity index (χ2n) is 9.13. The maximum atomic E-state index is 11.7. The fourth-order valence-electron chi connectivity index (χ4n) is 5.42. The largest absolute Gasteiger partial charge is 0.297 e. The van der Waals surface area contributed by atoms with Crippen molar-refractivity contribution in [3.63, 3.8) is 0 Å². The first-order valence-electron chi connectivity index (χ1n) is 11.9. The van der Waals surface area contributed by atoms with Crippen molar-refractivity contribution in [3.8, 4) is 9.75 Å². The van der Waals surface area contributed by atoms with Gasteiger partial charge in [0.25, 0.3) is 0 Å². The SMILES string of the molecule is CCCCC(CC)CC1(CC(CC)CCCC)c2cc(Br)sc2-c2sc(C=O)cc21. The molecule has 3 rings (SSSR count). The number of unbranched alkanes of at least 4 members (excludes halogenated alkanes) is 2. The van der Waals surface area contributed by atoms with Crippen LogP contribution in [0.25, 0.3) is 9.75 Å². The van der Waals surface area contributed by atoms with Gasteiger partial charge in [-0.3, -0.25) is 4.79 Å². The molecule has 0 spiro atoms. The maximum Gasteiger partial charge on any atom is 0.160 e. The first-order valence-corrected chi connectivity index (χ1v) is 14.3. The van der Waals surface area contributed by atoms with Gasteiger partial charge in [-0.05, 0) is 63.9 Å². The van der Waals surface area contributed by atoms with E-state index in [1.807, 2.05) is 11.3 Å². The van der Waals surface area contributed by atoms with E-state index in [0.717, 1.165) is 23.0 Å². The molecule has 0 N–H and O–H groups in total. The molecule has 30 heavy (non-hydrogen) atoms. The molecule has 1 aliphatic rings. The third-order valence-corrected chi connectivity index (χ3v) is 10.0. The predicted octanol–water partition coefficient (Wildman–Crippen LogP) is 9.86. The zero-order valence-corrected chi connectivity index (χ0v) is 22.3. The van der Waals surface area contributed by atoms with E-state index in [1.165, 1.54) is 83.3 Å². The smallest absolute Gasteiger partial charge is 0.160 e. The number of hydrogen-bond acceptors (Lipinski definition) is 3. The Hall–Kier alpha value is -0.450. The van der Waals surface area contributed by atoms with Gasteiger partial charge < -0.3 is 0 Å². The predicted molar refractivity (Wildman–Crippen MR) is 137 cm³/mol. The lowest BCUT2D eigenvalue weighted by Crippen LogP contribution is -2.31. The Morgan fingerprint density at radius 1 is 0.900 bits per heavy atom. The summed E-state index contributed by atoms with van der Waals surface area (Å²) in [6.07, 6.45) is 13.8. The summed E-state index contributed by atoms with van der Waals surface area (Å²) in [6.45, 7) is 9.34. The van der Waals surface area contributed by atoms with Crippen LogP contribution in [0.3, 0.4) is 0 Å². The fourth-order valence-corrected chi connectivity index (χ4v) is 8.35. The van der Waals surface area contributed by atoms with Crippen molar-refractivity contribution in [3.05, 3.63) is 31.9 Å². The number of halogens is 1. The summed E-state index contributed by atoms with van der Waals surface area (Å²) in [5, 5.41) is 0. The molecule has 0 amide bonds. The molecule has 0 saturated heterocycles. The van der Waals surface area contributed by atoms with Gasteiger partial charge in [-0.25, -0.2) is 0 Å². The number of aldehydes is 1. The Labute approximate surface area is 199 Å². The molecule has 2 atom stereocenters. The molecule has 0 saturated carbocycles. The highest BCUT2D eigenvalue weighted by Gasteiger charge is 2.47. The highest BCUT2D eigenvalue weighted by molar-refractivity contribution is 9.11. The summed E-state index contributed by atoms with van der Waals surface area (Å²) >= 11 is 7.36. The molecule has 0 radical (unpaired) electrons. The van der Waals surface area contributed by atoms with E-state index in [-0.39, 0.29) is 5.41 Å². The second-order valence-corrected chi connectivity index (χ2v) is 12.6. The molecular formula is C26H37BrOS2.